The number of methoxy groups -OCH3 is 1. The molecule has 3 rings (SSSR count). The van der Waals surface area contributed by atoms with Crippen molar-refractivity contribution in [3.63, 3.8) is 0 Å². The lowest BCUT2D eigenvalue weighted by molar-refractivity contribution is -0.139. The van der Waals surface area contributed by atoms with Crippen LogP contribution in [0, 0.1) is 0 Å². The van der Waals surface area contributed by atoms with Crippen LogP contribution in [-0.4, -0.2) is 30.7 Å². The lowest BCUT2D eigenvalue weighted by atomic mass is 10.0. The first-order valence-corrected chi connectivity index (χ1v) is 8.13. The van der Waals surface area contributed by atoms with Crippen LogP contribution in [-0.2, 0) is 9.59 Å². The minimum atomic E-state index is -1.07. The number of carboxylic acid groups (broad SMARTS) is 1. The Hall–Kier alpha value is -2.80. The number of nitrogens with one attached hydrogen (secondary N) is 1. The zero-order valence-corrected chi connectivity index (χ0v) is 14.8. The lowest BCUT2D eigenvalue weighted by Crippen LogP contribution is -2.10. The fraction of sp³-hybridized carbons (Fsp3) is 0.111. The van der Waals surface area contributed by atoms with Gasteiger partial charge >= 0.3 is 5.97 Å². The highest BCUT2D eigenvalue weighted by molar-refractivity contribution is 9.10. The summed E-state index contributed by atoms with van der Waals surface area (Å²) in [4.78, 5) is 22.9. The standard InChI is InChI=1S/C18H14BrNO5/c1-24-16-7-10(2-5-15(16)25-9-17(21)22)6-13-12-8-11(19)3-4-14(12)20-18(13)23/h2-8H,9H2,1H3,(H,20,23)(H,21,22). The van der Waals surface area contributed by atoms with Gasteiger partial charge in [0.05, 0.1) is 7.11 Å². The first kappa shape index (κ1) is 17.0. The number of amides is 1. The third-order valence-corrected chi connectivity index (χ3v) is 4.11. The van der Waals surface area contributed by atoms with Crippen molar-refractivity contribution in [2.45, 2.75) is 0 Å². The van der Waals surface area contributed by atoms with Crippen LogP contribution in [0.15, 0.2) is 40.9 Å². The maximum Gasteiger partial charge on any atom is 0.341 e. The zero-order valence-electron chi connectivity index (χ0n) is 13.2. The molecule has 0 saturated heterocycles. The molecule has 1 heterocycles. The maximum atomic E-state index is 12.2. The van der Waals surface area contributed by atoms with E-state index in [2.05, 4.69) is 21.2 Å². The quantitative estimate of drug-likeness (QED) is 0.747. The van der Waals surface area contributed by atoms with Gasteiger partial charge in [-0.3, -0.25) is 4.79 Å². The van der Waals surface area contributed by atoms with Gasteiger partial charge in [-0.05, 0) is 42.0 Å². The molecule has 25 heavy (non-hydrogen) atoms. The number of ether oxygens (including phenoxy) is 2. The molecule has 1 amide bonds. The van der Waals surface area contributed by atoms with E-state index < -0.39 is 12.6 Å². The van der Waals surface area contributed by atoms with Gasteiger partial charge in [-0.15, -0.1) is 0 Å². The zero-order chi connectivity index (χ0) is 18.0. The molecule has 128 valence electrons. The Morgan fingerprint density at radius 1 is 1.24 bits per heavy atom. The summed E-state index contributed by atoms with van der Waals surface area (Å²) in [7, 11) is 1.47. The Kier molecular flexibility index (Phi) is 4.76. The van der Waals surface area contributed by atoms with Crippen molar-refractivity contribution in [2.24, 2.45) is 0 Å². The Bertz CT molecular complexity index is 891. The molecular weight excluding hydrogens is 390 g/mol. The summed E-state index contributed by atoms with van der Waals surface area (Å²) in [6, 6.07) is 10.6. The van der Waals surface area contributed by atoms with Gasteiger partial charge in [0.25, 0.3) is 5.91 Å². The number of carbonyl (C=O) groups excluding carboxylic acids is 1. The fourth-order valence-electron chi connectivity index (χ4n) is 2.50. The second kappa shape index (κ2) is 6.98. The number of aliphatic carboxylic acids is 1. The lowest BCUT2D eigenvalue weighted by Gasteiger charge is -2.10. The Morgan fingerprint density at radius 2 is 2.04 bits per heavy atom. The average molecular weight is 404 g/mol. The van der Waals surface area contributed by atoms with Gasteiger partial charge in [0.1, 0.15) is 0 Å². The van der Waals surface area contributed by atoms with Crippen LogP contribution in [0.5, 0.6) is 11.5 Å². The number of carbonyl (C=O) groups is 2. The molecule has 0 aromatic heterocycles. The third kappa shape index (κ3) is 3.66. The molecule has 0 atom stereocenters. The van der Waals surface area contributed by atoms with E-state index in [9.17, 15) is 9.59 Å². The Labute approximate surface area is 152 Å². The first-order valence-electron chi connectivity index (χ1n) is 7.33. The minimum absolute atomic E-state index is 0.182. The van der Waals surface area contributed by atoms with Crippen LogP contribution in [0.1, 0.15) is 11.1 Å². The summed E-state index contributed by atoms with van der Waals surface area (Å²) in [5.41, 5.74) is 2.84. The van der Waals surface area contributed by atoms with E-state index in [0.29, 0.717) is 17.1 Å². The Morgan fingerprint density at radius 3 is 2.76 bits per heavy atom. The van der Waals surface area contributed by atoms with Crippen molar-refractivity contribution < 1.29 is 24.2 Å². The van der Waals surface area contributed by atoms with Crippen LogP contribution in [0.25, 0.3) is 11.6 Å². The normalized spacial score (nSPS) is 14.2. The van der Waals surface area contributed by atoms with Crippen LogP contribution >= 0.6 is 15.9 Å². The molecule has 0 saturated carbocycles. The van der Waals surface area contributed by atoms with Crippen molar-refractivity contribution in [2.75, 3.05) is 19.0 Å². The summed E-state index contributed by atoms with van der Waals surface area (Å²) >= 11 is 3.41. The number of fused-ring (bicyclic) bond motifs is 1. The highest BCUT2D eigenvalue weighted by Gasteiger charge is 2.24. The van der Waals surface area contributed by atoms with E-state index in [1.165, 1.54) is 7.11 Å². The van der Waals surface area contributed by atoms with E-state index in [0.717, 1.165) is 21.3 Å². The van der Waals surface area contributed by atoms with Crippen molar-refractivity contribution in [1.82, 2.24) is 0 Å². The number of halogens is 1. The topological polar surface area (TPSA) is 84.9 Å². The van der Waals surface area contributed by atoms with Crippen LogP contribution in [0.4, 0.5) is 5.69 Å². The van der Waals surface area contributed by atoms with Gasteiger partial charge < -0.3 is 19.9 Å². The van der Waals surface area contributed by atoms with Crippen molar-refractivity contribution in [1.29, 1.82) is 0 Å². The monoisotopic (exact) mass is 403 g/mol. The Balaban J connectivity index is 1.95. The molecule has 6 nitrogen and oxygen atoms in total. The molecule has 0 spiro atoms. The summed E-state index contributed by atoms with van der Waals surface area (Å²) < 4.78 is 11.3. The van der Waals surface area contributed by atoms with Crippen molar-refractivity contribution >= 4 is 45.1 Å². The van der Waals surface area contributed by atoms with Gasteiger partial charge in [0.15, 0.2) is 18.1 Å². The molecule has 2 N–H and O–H groups in total. The number of anilines is 1. The van der Waals surface area contributed by atoms with Crippen LogP contribution in [0.3, 0.4) is 0 Å². The van der Waals surface area contributed by atoms with Crippen molar-refractivity contribution in [3.8, 4) is 11.5 Å². The fourth-order valence-corrected chi connectivity index (χ4v) is 2.86. The van der Waals surface area contributed by atoms with E-state index in [-0.39, 0.29) is 5.91 Å². The molecule has 0 radical (unpaired) electrons. The van der Waals surface area contributed by atoms with Crippen molar-refractivity contribution in [3.05, 3.63) is 52.0 Å². The smallest absolute Gasteiger partial charge is 0.341 e. The predicted molar refractivity (Wildman–Crippen MR) is 96.8 cm³/mol. The molecule has 7 heteroatoms. The predicted octanol–water partition coefficient (Wildman–Crippen LogP) is 3.41. The first-order chi connectivity index (χ1) is 12.0. The van der Waals surface area contributed by atoms with Gasteiger partial charge in [-0.2, -0.15) is 0 Å². The summed E-state index contributed by atoms with van der Waals surface area (Å²) in [6.07, 6.45) is 1.75. The molecular formula is C18H14BrNO5. The van der Waals surface area contributed by atoms with Crippen LogP contribution in [0.2, 0.25) is 0 Å². The molecule has 0 aliphatic carbocycles. The number of hydrogen-bond acceptors (Lipinski definition) is 4. The number of benzene rings is 2. The highest BCUT2D eigenvalue weighted by Crippen LogP contribution is 2.36. The van der Waals surface area contributed by atoms with E-state index in [1.807, 2.05) is 18.2 Å². The molecule has 0 bridgehead atoms. The van der Waals surface area contributed by atoms with Gasteiger partial charge in [-0.1, -0.05) is 22.0 Å². The summed E-state index contributed by atoms with van der Waals surface area (Å²) in [6.45, 7) is -0.458. The van der Waals surface area contributed by atoms with Crippen LogP contribution < -0.4 is 14.8 Å². The molecule has 0 fully saturated rings. The van der Waals surface area contributed by atoms with E-state index in [4.69, 9.17) is 14.6 Å². The summed E-state index contributed by atoms with van der Waals surface area (Å²) in [5, 5.41) is 11.5. The molecule has 1 aliphatic heterocycles. The van der Waals surface area contributed by atoms with E-state index in [1.54, 1.807) is 24.3 Å². The van der Waals surface area contributed by atoms with E-state index >= 15 is 0 Å². The van der Waals surface area contributed by atoms with Gasteiger partial charge in [0.2, 0.25) is 0 Å². The minimum Gasteiger partial charge on any atom is -0.493 e. The van der Waals surface area contributed by atoms with Gasteiger partial charge in [0, 0.05) is 21.3 Å². The molecule has 1 aliphatic rings. The molecule has 0 unspecified atom stereocenters. The maximum absolute atomic E-state index is 12.2. The molecule has 2 aromatic carbocycles. The number of hydrogen-bond donors (Lipinski definition) is 2. The number of rotatable bonds is 5. The largest absolute Gasteiger partial charge is 0.493 e. The second-order valence-electron chi connectivity index (χ2n) is 5.29. The SMILES string of the molecule is COc1cc(C=C2C(=O)Nc3ccc(Br)cc32)ccc1OCC(=O)O. The number of carboxylic acids is 1. The summed E-state index contributed by atoms with van der Waals surface area (Å²) in [5.74, 6) is -0.536. The second-order valence-corrected chi connectivity index (χ2v) is 6.21. The third-order valence-electron chi connectivity index (χ3n) is 3.61. The average Bonchev–Trinajstić information content (AvgIpc) is 2.88. The highest BCUT2D eigenvalue weighted by atomic mass is 79.9. The van der Waals surface area contributed by atoms with Gasteiger partial charge in [-0.25, -0.2) is 4.79 Å². The molecule has 2 aromatic rings.